The molecular weight excluding hydrogens is 226 g/mol. The number of benzene rings is 1. The lowest BCUT2D eigenvalue weighted by Gasteiger charge is -2.35. The number of hydrogen-bond acceptors (Lipinski definition) is 3. The van der Waals surface area contributed by atoms with Gasteiger partial charge in [0, 0.05) is 19.0 Å². The highest BCUT2D eigenvalue weighted by Gasteiger charge is 2.31. The lowest BCUT2D eigenvalue weighted by atomic mass is 9.91. The summed E-state index contributed by atoms with van der Waals surface area (Å²) in [7, 11) is 0. The predicted molar refractivity (Wildman–Crippen MR) is 68.2 cm³/mol. The van der Waals surface area contributed by atoms with Crippen molar-refractivity contribution in [1.82, 2.24) is 4.90 Å². The summed E-state index contributed by atoms with van der Waals surface area (Å²) in [6.45, 7) is 1.47. The van der Waals surface area contributed by atoms with Gasteiger partial charge in [-0.3, -0.25) is 9.69 Å². The molecule has 4 nitrogen and oxygen atoms in total. The minimum Gasteiger partial charge on any atom is -0.368 e. The summed E-state index contributed by atoms with van der Waals surface area (Å²) in [6.07, 6.45) is 1.37. The highest BCUT2D eigenvalue weighted by Crippen LogP contribution is 2.23. The molecule has 0 aliphatic carbocycles. The van der Waals surface area contributed by atoms with Crippen molar-refractivity contribution in [1.29, 1.82) is 5.26 Å². The smallest absolute Gasteiger partial charge is 0.234 e. The van der Waals surface area contributed by atoms with Crippen molar-refractivity contribution in [3.05, 3.63) is 35.9 Å². The zero-order valence-corrected chi connectivity index (χ0v) is 10.2. The van der Waals surface area contributed by atoms with Gasteiger partial charge in [-0.2, -0.15) is 5.26 Å². The fourth-order valence-electron chi connectivity index (χ4n) is 2.43. The maximum absolute atomic E-state index is 11.5. The standard InChI is InChI=1S/C14H17N3O/c15-9-12-6-7-17(13(8-12)14(16)18)10-11-4-2-1-3-5-11/h1-5,12-13H,6-8,10H2,(H2,16,18). The van der Waals surface area contributed by atoms with Gasteiger partial charge < -0.3 is 5.73 Å². The molecular formula is C14H17N3O. The molecule has 0 bridgehead atoms. The predicted octanol–water partition coefficient (Wildman–Crippen LogP) is 1.28. The average molecular weight is 243 g/mol. The molecule has 1 aromatic rings. The minimum absolute atomic E-state index is 0.0467. The van der Waals surface area contributed by atoms with Crippen LogP contribution in [-0.2, 0) is 11.3 Å². The summed E-state index contributed by atoms with van der Waals surface area (Å²) >= 11 is 0. The highest BCUT2D eigenvalue weighted by atomic mass is 16.1. The second-order valence-electron chi connectivity index (χ2n) is 4.72. The van der Waals surface area contributed by atoms with Crippen LogP contribution in [0, 0.1) is 17.2 Å². The Morgan fingerprint density at radius 3 is 2.78 bits per heavy atom. The summed E-state index contributed by atoms with van der Waals surface area (Å²) in [6, 6.07) is 11.9. The van der Waals surface area contributed by atoms with Gasteiger partial charge in [-0.1, -0.05) is 30.3 Å². The summed E-state index contributed by atoms with van der Waals surface area (Å²) in [4.78, 5) is 13.6. The Kier molecular flexibility index (Phi) is 3.96. The Bertz CT molecular complexity index is 452. The van der Waals surface area contributed by atoms with Crippen LogP contribution in [0.25, 0.3) is 0 Å². The van der Waals surface area contributed by atoms with Crippen molar-refractivity contribution in [2.45, 2.75) is 25.4 Å². The summed E-state index contributed by atoms with van der Waals surface area (Å²) in [5.41, 5.74) is 6.60. The monoisotopic (exact) mass is 243 g/mol. The van der Waals surface area contributed by atoms with Crippen LogP contribution in [0.3, 0.4) is 0 Å². The molecule has 4 heteroatoms. The van der Waals surface area contributed by atoms with Gasteiger partial charge in [-0.05, 0) is 18.4 Å². The lowest BCUT2D eigenvalue weighted by molar-refractivity contribution is -0.125. The number of hydrogen-bond donors (Lipinski definition) is 1. The fourth-order valence-corrected chi connectivity index (χ4v) is 2.43. The maximum atomic E-state index is 11.5. The number of primary amides is 1. The van der Waals surface area contributed by atoms with Crippen LogP contribution in [0.4, 0.5) is 0 Å². The molecule has 1 heterocycles. The van der Waals surface area contributed by atoms with Gasteiger partial charge in [0.25, 0.3) is 0 Å². The molecule has 2 atom stereocenters. The number of nitrogens with two attached hydrogens (primary N) is 1. The SMILES string of the molecule is N#CC1CCN(Cc2ccccc2)C(C(N)=O)C1. The molecule has 0 radical (unpaired) electrons. The molecule has 1 saturated heterocycles. The molecule has 2 rings (SSSR count). The molecule has 2 unspecified atom stereocenters. The van der Waals surface area contributed by atoms with Crippen molar-refractivity contribution < 1.29 is 4.79 Å². The van der Waals surface area contributed by atoms with E-state index in [9.17, 15) is 4.79 Å². The van der Waals surface area contributed by atoms with Crippen LogP contribution in [0.5, 0.6) is 0 Å². The largest absolute Gasteiger partial charge is 0.368 e. The minimum atomic E-state index is -0.328. The molecule has 0 saturated carbocycles. The van der Waals surface area contributed by atoms with Gasteiger partial charge in [-0.15, -0.1) is 0 Å². The van der Waals surface area contributed by atoms with E-state index >= 15 is 0 Å². The topological polar surface area (TPSA) is 70.1 Å². The van der Waals surface area contributed by atoms with E-state index in [-0.39, 0.29) is 17.9 Å². The number of amides is 1. The lowest BCUT2D eigenvalue weighted by Crippen LogP contribution is -2.49. The van der Waals surface area contributed by atoms with E-state index in [1.54, 1.807) is 0 Å². The first kappa shape index (κ1) is 12.6. The van der Waals surface area contributed by atoms with Crippen LogP contribution in [0.1, 0.15) is 18.4 Å². The number of carbonyl (C=O) groups is 1. The third kappa shape index (κ3) is 2.88. The van der Waals surface area contributed by atoms with Crippen molar-refractivity contribution in [2.24, 2.45) is 11.7 Å². The molecule has 1 aliphatic rings. The molecule has 94 valence electrons. The number of nitriles is 1. The van der Waals surface area contributed by atoms with E-state index in [2.05, 4.69) is 11.0 Å². The Labute approximate surface area is 107 Å². The first-order valence-electron chi connectivity index (χ1n) is 6.17. The van der Waals surface area contributed by atoms with E-state index in [0.717, 1.165) is 13.0 Å². The van der Waals surface area contributed by atoms with Crippen molar-refractivity contribution in [2.75, 3.05) is 6.54 Å². The Morgan fingerprint density at radius 1 is 1.44 bits per heavy atom. The molecule has 1 aromatic carbocycles. The van der Waals surface area contributed by atoms with Crippen LogP contribution in [0.15, 0.2) is 30.3 Å². The van der Waals surface area contributed by atoms with E-state index in [1.165, 1.54) is 5.56 Å². The van der Waals surface area contributed by atoms with Crippen molar-refractivity contribution in [3.8, 4) is 6.07 Å². The normalized spacial score (nSPS) is 24.4. The quantitative estimate of drug-likeness (QED) is 0.869. The number of carbonyl (C=O) groups excluding carboxylic acids is 1. The van der Waals surface area contributed by atoms with Crippen LogP contribution in [-0.4, -0.2) is 23.4 Å². The molecule has 1 aliphatic heterocycles. The van der Waals surface area contributed by atoms with E-state index < -0.39 is 0 Å². The van der Waals surface area contributed by atoms with Crippen LogP contribution >= 0.6 is 0 Å². The number of likely N-dealkylation sites (tertiary alicyclic amines) is 1. The highest BCUT2D eigenvalue weighted by molar-refractivity contribution is 5.80. The van der Waals surface area contributed by atoms with Crippen LogP contribution in [0.2, 0.25) is 0 Å². The fraction of sp³-hybridized carbons (Fsp3) is 0.429. The third-order valence-corrected chi connectivity index (χ3v) is 3.45. The number of rotatable bonds is 3. The average Bonchev–Trinajstić information content (AvgIpc) is 2.40. The van der Waals surface area contributed by atoms with Crippen molar-refractivity contribution >= 4 is 5.91 Å². The third-order valence-electron chi connectivity index (χ3n) is 3.45. The Morgan fingerprint density at radius 2 is 2.17 bits per heavy atom. The molecule has 0 aromatic heterocycles. The van der Waals surface area contributed by atoms with E-state index in [4.69, 9.17) is 11.0 Å². The molecule has 2 N–H and O–H groups in total. The van der Waals surface area contributed by atoms with Gasteiger partial charge in [-0.25, -0.2) is 0 Å². The Balaban J connectivity index is 2.07. The zero-order valence-electron chi connectivity index (χ0n) is 10.2. The second-order valence-corrected chi connectivity index (χ2v) is 4.72. The zero-order chi connectivity index (χ0) is 13.0. The maximum Gasteiger partial charge on any atom is 0.234 e. The molecule has 0 spiro atoms. The summed E-state index contributed by atoms with van der Waals surface area (Å²) in [5, 5.41) is 8.95. The Hall–Kier alpha value is -1.86. The first-order chi connectivity index (χ1) is 8.70. The first-order valence-corrected chi connectivity index (χ1v) is 6.17. The number of nitrogens with zero attached hydrogens (tertiary/aromatic N) is 2. The second kappa shape index (κ2) is 5.65. The van der Waals surface area contributed by atoms with Crippen molar-refractivity contribution in [3.63, 3.8) is 0 Å². The van der Waals surface area contributed by atoms with Gasteiger partial charge in [0.15, 0.2) is 0 Å². The van der Waals surface area contributed by atoms with Gasteiger partial charge in [0.05, 0.1) is 12.1 Å². The van der Waals surface area contributed by atoms with Gasteiger partial charge >= 0.3 is 0 Å². The van der Waals surface area contributed by atoms with Gasteiger partial charge in [0.2, 0.25) is 5.91 Å². The van der Waals surface area contributed by atoms with Crippen LogP contribution < -0.4 is 5.73 Å². The summed E-state index contributed by atoms with van der Waals surface area (Å²) < 4.78 is 0. The van der Waals surface area contributed by atoms with E-state index in [0.29, 0.717) is 13.0 Å². The summed E-state index contributed by atoms with van der Waals surface area (Å²) in [5.74, 6) is -0.375. The number of piperidine rings is 1. The molecule has 1 amide bonds. The molecule has 18 heavy (non-hydrogen) atoms. The van der Waals surface area contributed by atoms with Gasteiger partial charge in [0.1, 0.15) is 0 Å². The van der Waals surface area contributed by atoms with E-state index in [1.807, 2.05) is 30.3 Å². The molecule has 1 fully saturated rings.